The van der Waals surface area contributed by atoms with Gasteiger partial charge in [0, 0.05) is 31.7 Å². The van der Waals surface area contributed by atoms with Gasteiger partial charge in [-0.05, 0) is 61.1 Å². The third-order valence-corrected chi connectivity index (χ3v) is 9.10. The molecule has 4 rings (SSSR count). The van der Waals surface area contributed by atoms with Crippen LogP contribution in [0.1, 0.15) is 80.6 Å². The molecular weight excluding hydrogens is 384 g/mol. The number of rotatable bonds is 4. The van der Waals surface area contributed by atoms with E-state index in [9.17, 15) is 13.2 Å². The molecule has 2 unspecified atom stereocenters. The van der Waals surface area contributed by atoms with E-state index >= 15 is 0 Å². The molecule has 3 fully saturated rings. The lowest BCUT2D eigenvalue weighted by Gasteiger charge is -2.41. The van der Waals surface area contributed by atoms with Gasteiger partial charge in [0.15, 0.2) is 0 Å². The zero-order chi connectivity index (χ0) is 20.6. The third kappa shape index (κ3) is 4.11. The summed E-state index contributed by atoms with van der Waals surface area (Å²) in [5, 5.41) is 0. The molecule has 1 aromatic carbocycles. The van der Waals surface area contributed by atoms with E-state index in [0.29, 0.717) is 29.5 Å². The number of piperidine rings is 1. The summed E-state index contributed by atoms with van der Waals surface area (Å²) in [6, 6.07) is 5.33. The van der Waals surface area contributed by atoms with Crippen molar-refractivity contribution in [3.63, 3.8) is 0 Å². The van der Waals surface area contributed by atoms with Gasteiger partial charge < -0.3 is 4.90 Å². The van der Waals surface area contributed by atoms with Gasteiger partial charge in [-0.15, -0.1) is 0 Å². The Balaban J connectivity index is 1.62. The SMILES string of the molecule is CC(C)c1ccc(C(=O)N2CCC3CCCCC3C2)cc1S(=O)(=O)N1CCCC1. The fourth-order valence-corrected chi connectivity index (χ4v) is 7.30. The van der Waals surface area contributed by atoms with Gasteiger partial charge in [-0.25, -0.2) is 8.42 Å². The maximum atomic E-state index is 13.3. The van der Waals surface area contributed by atoms with Crippen molar-refractivity contribution in [2.45, 2.75) is 69.6 Å². The number of likely N-dealkylation sites (tertiary alicyclic amines) is 1. The van der Waals surface area contributed by atoms with Crippen LogP contribution in [0, 0.1) is 11.8 Å². The van der Waals surface area contributed by atoms with Crippen LogP contribution in [0.2, 0.25) is 0 Å². The molecule has 1 aromatic rings. The summed E-state index contributed by atoms with van der Waals surface area (Å²) >= 11 is 0. The predicted octanol–water partition coefficient (Wildman–Crippen LogP) is 4.25. The first kappa shape index (κ1) is 20.9. The second-order valence-corrected chi connectivity index (χ2v) is 11.3. The van der Waals surface area contributed by atoms with Crippen LogP contribution < -0.4 is 0 Å². The average Bonchev–Trinajstić information content (AvgIpc) is 3.28. The Morgan fingerprint density at radius 1 is 0.966 bits per heavy atom. The highest BCUT2D eigenvalue weighted by Crippen LogP contribution is 2.37. The minimum Gasteiger partial charge on any atom is -0.338 e. The molecule has 6 heteroatoms. The van der Waals surface area contributed by atoms with Crippen LogP contribution in [0.15, 0.2) is 23.1 Å². The smallest absolute Gasteiger partial charge is 0.253 e. The second kappa shape index (κ2) is 8.38. The van der Waals surface area contributed by atoms with Gasteiger partial charge >= 0.3 is 0 Å². The van der Waals surface area contributed by atoms with E-state index in [1.54, 1.807) is 10.4 Å². The van der Waals surface area contributed by atoms with E-state index in [1.807, 2.05) is 30.9 Å². The number of hydrogen-bond acceptors (Lipinski definition) is 3. The predicted molar refractivity (Wildman–Crippen MR) is 114 cm³/mol. The summed E-state index contributed by atoms with van der Waals surface area (Å²) in [4.78, 5) is 15.6. The number of sulfonamides is 1. The number of benzene rings is 1. The summed E-state index contributed by atoms with van der Waals surface area (Å²) in [5.74, 6) is 1.46. The van der Waals surface area contributed by atoms with Crippen molar-refractivity contribution in [3.05, 3.63) is 29.3 Å². The molecule has 2 saturated heterocycles. The quantitative estimate of drug-likeness (QED) is 0.735. The molecule has 1 amide bonds. The maximum absolute atomic E-state index is 13.3. The number of fused-ring (bicyclic) bond motifs is 1. The monoisotopic (exact) mass is 418 g/mol. The van der Waals surface area contributed by atoms with E-state index in [4.69, 9.17) is 0 Å². The van der Waals surface area contributed by atoms with Gasteiger partial charge in [0.1, 0.15) is 0 Å². The Hall–Kier alpha value is -1.40. The van der Waals surface area contributed by atoms with Gasteiger partial charge in [0.2, 0.25) is 10.0 Å². The summed E-state index contributed by atoms with van der Waals surface area (Å²) < 4.78 is 28.2. The van der Waals surface area contributed by atoms with Crippen molar-refractivity contribution in [1.82, 2.24) is 9.21 Å². The van der Waals surface area contributed by atoms with Crippen LogP contribution in [0.25, 0.3) is 0 Å². The number of amides is 1. The lowest BCUT2D eigenvalue weighted by Crippen LogP contribution is -2.44. The molecule has 0 spiro atoms. The number of carbonyl (C=O) groups is 1. The molecule has 160 valence electrons. The van der Waals surface area contributed by atoms with Gasteiger partial charge in [-0.2, -0.15) is 4.31 Å². The molecule has 0 bridgehead atoms. The number of nitrogens with zero attached hydrogens (tertiary/aromatic N) is 2. The summed E-state index contributed by atoms with van der Waals surface area (Å²) in [6.07, 6.45) is 8.01. The van der Waals surface area contributed by atoms with E-state index in [-0.39, 0.29) is 11.8 Å². The Kier molecular flexibility index (Phi) is 6.03. The molecule has 0 aromatic heterocycles. The zero-order valence-electron chi connectivity index (χ0n) is 17.8. The minimum atomic E-state index is -3.56. The molecule has 2 atom stereocenters. The Morgan fingerprint density at radius 2 is 1.66 bits per heavy atom. The second-order valence-electron chi connectivity index (χ2n) is 9.36. The number of carbonyl (C=O) groups excluding carboxylic acids is 1. The fourth-order valence-electron chi connectivity index (χ4n) is 5.40. The first-order chi connectivity index (χ1) is 13.9. The maximum Gasteiger partial charge on any atom is 0.253 e. The summed E-state index contributed by atoms with van der Waals surface area (Å²) in [7, 11) is -3.56. The molecule has 5 nitrogen and oxygen atoms in total. The van der Waals surface area contributed by atoms with Gasteiger partial charge in [0.25, 0.3) is 5.91 Å². The van der Waals surface area contributed by atoms with E-state index in [1.165, 1.54) is 25.7 Å². The molecular formula is C23H34N2O3S. The molecule has 1 saturated carbocycles. The van der Waals surface area contributed by atoms with Crippen molar-refractivity contribution < 1.29 is 13.2 Å². The third-order valence-electron chi connectivity index (χ3n) is 7.14. The summed E-state index contributed by atoms with van der Waals surface area (Å²) in [6.45, 7) is 6.78. The van der Waals surface area contributed by atoms with E-state index in [2.05, 4.69) is 0 Å². The minimum absolute atomic E-state index is 0.0119. The molecule has 0 radical (unpaired) electrons. The Labute approximate surface area is 175 Å². The summed E-state index contributed by atoms with van der Waals surface area (Å²) in [5.41, 5.74) is 1.32. The zero-order valence-corrected chi connectivity index (χ0v) is 18.6. The Bertz CT molecular complexity index is 859. The first-order valence-corrected chi connectivity index (χ1v) is 12.8. The Morgan fingerprint density at radius 3 is 2.34 bits per heavy atom. The van der Waals surface area contributed by atoms with Crippen LogP contribution in [0.4, 0.5) is 0 Å². The average molecular weight is 419 g/mol. The van der Waals surface area contributed by atoms with Crippen LogP contribution in [0.3, 0.4) is 0 Å². The van der Waals surface area contributed by atoms with Crippen LogP contribution >= 0.6 is 0 Å². The molecule has 2 heterocycles. The standard InChI is InChI=1S/C23H34N2O3S/c1-17(2)21-10-9-19(15-22(21)29(27,28)25-12-5-6-13-25)23(26)24-14-11-18-7-3-4-8-20(18)16-24/h9-10,15,17-18,20H,3-8,11-14,16H2,1-2H3. The highest BCUT2D eigenvalue weighted by Gasteiger charge is 2.35. The highest BCUT2D eigenvalue weighted by molar-refractivity contribution is 7.89. The van der Waals surface area contributed by atoms with Crippen molar-refractivity contribution in [3.8, 4) is 0 Å². The van der Waals surface area contributed by atoms with Crippen LogP contribution in [0.5, 0.6) is 0 Å². The van der Waals surface area contributed by atoms with E-state index in [0.717, 1.165) is 43.8 Å². The van der Waals surface area contributed by atoms with Crippen LogP contribution in [-0.4, -0.2) is 49.7 Å². The molecule has 2 aliphatic heterocycles. The molecule has 1 aliphatic carbocycles. The number of hydrogen-bond donors (Lipinski definition) is 0. The van der Waals surface area contributed by atoms with Crippen molar-refractivity contribution in [2.24, 2.45) is 11.8 Å². The molecule has 29 heavy (non-hydrogen) atoms. The molecule has 0 N–H and O–H groups in total. The van der Waals surface area contributed by atoms with Gasteiger partial charge in [-0.3, -0.25) is 4.79 Å². The normalized spacial score (nSPS) is 26.0. The van der Waals surface area contributed by atoms with Crippen molar-refractivity contribution in [1.29, 1.82) is 0 Å². The topological polar surface area (TPSA) is 57.7 Å². The van der Waals surface area contributed by atoms with Gasteiger partial charge in [-0.1, -0.05) is 39.2 Å². The van der Waals surface area contributed by atoms with Crippen molar-refractivity contribution in [2.75, 3.05) is 26.2 Å². The van der Waals surface area contributed by atoms with Crippen molar-refractivity contribution >= 4 is 15.9 Å². The van der Waals surface area contributed by atoms with Crippen LogP contribution in [-0.2, 0) is 10.0 Å². The van der Waals surface area contributed by atoms with Gasteiger partial charge in [0.05, 0.1) is 4.90 Å². The highest BCUT2D eigenvalue weighted by atomic mass is 32.2. The first-order valence-electron chi connectivity index (χ1n) is 11.3. The lowest BCUT2D eigenvalue weighted by molar-refractivity contribution is 0.0520. The largest absolute Gasteiger partial charge is 0.338 e. The lowest BCUT2D eigenvalue weighted by atomic mass is 9.75. The molecule has 3 aliphatic rings. The fraction of sp³-hybridized carbons (Fsp3) is 0.696. The van der Waals surface area contributed by atoms with E-state index < -0.39 is 10.0 Å².